The fraction of sp³-hybridized carbons (Fsp3) is 0.526. The number of rotatable bonds is 2. The number of anilines is 1. The van der Waals surface area contributed by atoms with Crippen LogP contribution in [-0.2, 0) is 11.0 Å². The summed E-state index contributed by atoms with van der Waals surface area (Å²) in [7, 11) is 0. The minimum atomic E-state index is -4.48. The Morgan fingerprint density at radius 2 is 1.97 bits per heavy atom. The molecule has 4 heterocycles. The molecule has 2 aliphatic heterocycles. The molecule has 7 nitrogen and oxygen atoms in total. The second-order valence-corrected chi connectivity index (χ2v) is 8.23. The zero-order valence-electron chi connectivity index (χ0n) is 16.4. The molecule has 2 aliphatic rings. The van der Waals surface area contributed by atoms with Crippen LogP contribution in [0.1, 0.15) is 32.8 Å². The molecule has 2 saturated heterocycles. The van der Waals surface area contributed by atoms with Gasteiger partial charge in [-0.3, -0.25) is 14.1 Å². The van der Waals surface area contributed by atoms with Gasteiger partial charge in [0, 0.05) is 25.0 Å². The van der Waals surface area contributed by atoms with Crippen molar-refractivity contribution >= 4 is 23.3 Å². The van der Waals surface area contributed by atoms with E-state index in [9.17, 15) is 22.8 Å². The SMILES string of the molecule is CCN1C(=O)NC2(CCN(c3cc(C(F)(F)F)cc4cncn34)CC2(C)C)C1=O. The van der Waals surface area contributed by atoms with E-state index in [1.807, 2.05) is 18.7 Å². The number of likely N-dealkylation sites (N-methyl/N-ethyl adjacent to an activating group) is 1. The van der Waals surface area contributed by atoms with Crippen LogP contribution in [0.3, 0.4) is 0 Å². The Hall–Kier alpha value is -2.78. The second-order valence-electron chi connectivity index (χ2n) is 8.23. The molecule has 2 aromatic heterocycles. The summed E-state index contributed by atoms with van der Waals surface area (Å²) in [6.45, 7) is 6.34. The third-order valence-corrected chi connectivity index (χ3v) is 6.14. The van der Waals surface area contributed by atoms with E-state index >= 15 is 0 Å². The molecule has 3 amide bonds. The standard InChI is InChI=1S/C19H22F3N5O2/c1-4-26-15(28)18(24-16(26)29)5-6-25(10-17(18,2)3)14-8-12(19(20,21)22)7-13-9-23-11-27(13)14/h7-9,11H,4-6,10H2,1-3H3,(H,24,29). The molecule has 1 spiro atoms. The number of imide groups is 1. The predicted molar refractivity (Wildman–Crippen MR) is 99.5 cm³/mol. The molecule has 0 bridgehead atoms. The number of fused-ring (bicyclic) bond motifs is 1. The lowest BCUT2D eigenvalue weighted by Gasteiger charge is -2.50. The number of urea groups is 1. The Labute approximate surface area is 165 Å². The zero-order chi connectivity index (χ0) is 21.2. The Morgan fingerprint density at radius 3 is 2.55 bits per heavy atom. The summed E-state index contributed by atoms with van der Waals surface area (Å²) >= 11 is 0. The number of aromatic nitrogens is 2. The minimum Gasteiger partial charge on any atom is -0.357 e. The first-order valence-electron chi connectivity index (χ1n) is 9.42. The molecular weight excluding hydrogens is 387 g/mol. The number of nitrogens with zero attached hydrogens (tertiary/aromatic N) is 4. The number of pyridine rings is 1. The number of halogens is 3. The predicted octanol–water partition coefficient (Wildman–Crippen LogP) is 2.90. The fourth-order valence-corrected chi connectivity index (χ4v) is 4.49. The number of carbonyl (C=O) groups excluding carboxylic acids is 2. The van der Waals surface area contributed by atoms with E-state index in [1.165, 1.54) is 17.4 Å². The van der Waals surface area contributed by atoms with Gasteiger partial charge in [0.1, 0.15) is 17.7 Å². The molecule has 0 saturated carbocycles. The minimum absolute atomic E-state index is 0.272. The van der Waals surface area contributed by atoms with Crippen molar-refractivity contribution in [1.82, 2.24) is 19.6 Å². The molecule has 0 aliphatic carbocycles. The molecule has 0 aromatic carbocycles. The van der Waals surface area contributed by atoms with E-state index in [1.54, 1.807) is 11.3 Å². The van der Waals surface area contributed by atoms with E-state index < -0.39 is 28.7 Å². The summed E-state index contributed by atoms with van der Waals surface area (Å²) in [4.78, 5) is 32.3. The van der Waals surface area contributed by atoms with Crippen LogP contribution in [-0.4, -0.2) is 51.4 Å². The molecule has 1 atom stereocenters. The molecule has 156 valence electrons. The van der Waals surface area contributed by atoms with Crippen molar-refractivity contribution in [3.05, 3.63) is 30.2 Å². The molecule has 29 heavy (non-hydrogen) atoms. The molecule has 4 rings (SSSR count). The number of imidazole rings is 1. The number of hydrogen-bond acceptors (Lipinski definition) is 4. The summed E-state index contributed by atoms with van der Waals surface area (Å²) in [5.41, 5.74) is -2.17. The summed E-state index contributed by atoms with van der Waals surface area (Å²) in [5, 5.41) is 2.86. The highest BCUT2D eigenvalue weighted by atomic mass is 19.4. The van der Waals surface area contributed by atoms with Crippen LogP contribution in [0.25, 0.3) is 5.52 Å². The lowest BCUT2D eigenvalue weighted by Crippen LogP contribution is -2.66. The number of nitrogens with one attached hydrogen (secondary N) is 1. The lowest BCUT2D eigenvalue weighted by molar-refractivity contribution is -0.137. The highest BCUT2D eigenvalue weighted by Gasteiger charge is 2.61. The van der Waals surface area contributed by atoms with Gasteiger partial charge in [0.05, 0.1) is 17.3 Å². The van der Waals surface area contributed by atoms with Crippen molar-refractivity contribution in [1.29, 1.82) is 0 Å². The summed E-state index contributed by atoms with van der Waals surface area (Å²) in [6, 6.07) is 1.75. The molecule has 2 fully saturated rings. The number of amides is 3. The normalized spacial score (nSPS) is 24.6. The Balaban J connectivity index is 1.73. The smallest absolute Gasteiger partial charge is 0.357 e. The van der Waals surface area contributed by atoms with Crippen molar-refractivity contribution in [2.45, 2.75) is 38.9 Å². The number of hydrogen-bond donors (Lipinski definition) is 1. The Morgan fingerprint density at radius 1 is 1.24 bits per heavy atom. The molecule has 0 radical (unpaired) electrons. The van der Waals surface area contributed by atoms with Crippen molar-refractivity contribution in [3.63, 3.8) is 0 Å². The average Bonchev–Trinajstić information content (AvgIpc) is 3.19. The highest BCUT2D eigenvalue weighted by molar-refractivity contribution is 6.07. The van der Waals surface area contributed by atoms with E-state index in [0.717, 1.165) is 12.1 Å². The molecular formula is C19H22F3N5O2. The van der Waals surface area contributed by atoms with Crippen LogP contribution >= 0.6 is 0 Å². The largest absolute Gasteiger partial charge is 0.416 e. The van der Waals surface area contributed by atoms with Gasteiger partial charge in [0.2, 0.25) is 0 Å². The van der Waals surface area contributed by atoms with E-state index in [4.69, 9.17) is 0 Å². The number of alkyl halides is 3. The first kappa shape index (κ1) is 19.5. The van der Waals surface area contributed by atoms with Crippen LogP contribution < -0.4 is 10.2 Å². The number of piperidine rings is 1. The van der Waals surface area contributed by atoms with E-state index in [0.29, 0.717) is 30.8 Å². The third kappa shape index (κ3) is 2.76. The summed E-state index contributed by atoms with van der Waals surface area (Å²) in [5.74, 6) is 0.0887. The van der Waals surface area contributed by atoms with Gasteiger partial charge in [0.25, 0.3) is 5.91 Å². The van der Waals surface area contributed by atoms with Crippen molar-refractivity contribution in [2.75, 3.05) is 24.5 Å². The maximum atomic E-state index is 13.4. The highest BCUT2D eigenvalue weighted by Crippen LogP contribution is 2.44. The van der Waals surface area contributed by atoms with Crippen LogP contribution in [0, 0.1) is 5.41 Å². The first-order chi connectivity index (χ1) is 13.5. The fourth-order valence-electron chi connectivity index (χ4n) is 4.49. The van der Waals surface area contributed by atoms with Gasteiger partial charge in [-0.2, -0.15) is 13.2 Å². The second kappa shape index (κ2) is 6.11. The van der Waals surface area contributed by atoms with Gasteiger partial charge in [-0.1, -0.05) is 13.8 Å². The molecule has 2 aromatic rings. The monoisotopic (exact) mass is 409 g/mol. The van der Waals surface area contributed by atoms with Gasteiger partial charge >= 0.3 is 12.2 Å². The average molecular weight is 409 g/mol. The quantitative estimate of drug-likeness (QED) is 0.775. The van der Waals surface area contributed by atoms with Crippen molar-refractivity contribution in [3.8, 4) is 0 Å². The molecule has 1 N–H and O–H groups in total. The Kier molecular flexibility index (Phi) is 4.11. The molecule has 1 unspecified atom stereocenters. The third-order valence-electron chi connectivity index (χ3n) is 6.14. The zero-order valence-corrected chi connectivity index (χ0v) is 16.4. The van der Waals surface area contributed by atoms with Crippen LogP contribution in [0.2, 0.25) is 0 Å². The van der Waals surface area contributed by atoms with Gasteiger partial charge in [-0.15, -0.1) is 0 Å². The van der Waals surface area contributed by atoms with Crippen LogP contribution in [0.4, 0.5) is 23.8 Å². The first-order valence-corrected chi connectivity index (χ1v) is 9.42. The van der Waals surface area contributed by atoms with Gasteiger partial charge in [0.15, 0.2) is 0 Å². The van der Waals surface area contributed by atoms with Gasteiger partial charge in [-0.25, -0.2) is 9.78 Å². The summed E-state index contributed by atoms with van der Waals surface area (Å²) < 4.78 is 41.8. The van der Waals surface area contributed by atoms with Crippen LogP contribution in [0.15, 0.2) is 24.7 Å². The molecule has 10 heteroatoms. The summed E-state index contributed by atoms with van der Waals surface area (Å²) in [6.07, 6.45) is -1.32. The maximum absolute atomic E-state index is 13.4. The van der Waals surface area contributed by atoms with Gasteiger partial charge in [-0.05, 0) is 25.5 Å². The van der Waals surface area contributed by atoms with Crippen molar-refractivity contribution in [2.24, 2.45) is 5.41 Å². The topological polar surface area (TPSA) is 70.0 Å². The van der Waals surface area contributed by atoms with E-state index in [-0.39, 0.29) is 12.5 Å². The van der Waals surface area contributed by atoms with Crippen LogP contribution in [0.5, 0.6) is 0 Å². The maximum Gasteiger partial charge on any atom is 0.416 e. The van der Waals surface area contributed by atoms with E-state index in [2.05, 4.69) is 10.3 Å². The van der Waals surface area contributed by atoms with Crippen molar-refractivity contribution < 1.29 is 22.8 Å². The number of carbonyl (C=O) groups is 2. The van der Waals surface area contributed by atoms with Gasteiger partial charge < -0.3 is 10.2 Å². The lowest BCUT2D eigenvalue weighted by atomic mass is 9.67. The Bertz CT molecular complexity index is 999.